The number of benzene rings is 2. The van der Waals surface area contributed by atoms with Crippen molar-refractivity contribution in [1.29, 1.82) is 0 Å². The van der Waals surface area contributed by atoms with E-state index in [-0.39, 0.29) is 5.56 Å². The quantitative estimate of drug-likeness (QED) is 0.565. The molecule has 1 N–H and O–H groups in total. The molecule has 6 nitrogen and oxygen atoms in total. The molecule has 4 aromatic rings. The number of fused-ring (bicyclic) bond motifs is 1. The maximum atomic E-state index is 10.9. The van der Waals surface area contributed by atoms with Crippen molar-refractivity contribution in [1.82, 2.24) is 14.1 Å². The summed E-state index contributed by atoms with van der Waals surface area (Å²) in [5.41, 5.74) is 2.58. The normalized spacial score (nSPS) is 11.0. The molecule has 0 unspecified atom stereocenters. The summed E-state index contributed by atoms with van der Waals surface area (Å²) in [6.45, 7) is 3.23. The highest BCUT2D eigenvalue weighted by Gasteiger charge is 2.15. The molecule has 0 aliphatic heterocycles. The summed E-state index contributed by atoms with van der Waals surface area (Å²) in [5.74, 6) is 0.775. The topological polar surface area (TPSA) is 69.3 Å². The van der Waals surface area contributed by atoms with Gasteiger partial charge in [0.15, 0.2) is 0 Å². The van der Waals surface area contributed by atoms with Crippen molar-refractivity contribution in [3.63, 3.8) is 0 Å². The van der Waals surface area contributed by atoms with Crippen molar-refractivity contribution in [3.05, 3.63) is 78.4 Å². The highest BCUT2D eigenvalue weighted by molar-refractivity contribution is 5.88. The van der Waals surface area contributed by atoms with Crippen molar-refractivity contribution < 1.29 is 14.6 Å². The van der Waals surface area contributed by atoms with Crippen LogP contribution in [-0.2, 0) is 6.54 Å². The molecule has 2 heterocycles. The van der Waals surface area contributed by atoms with Gasteiger partial charge in [0.25, 0.3) is 0 Å². The van der Waals surface area contributed by atoms with Gasteiger partial charge in [-0.25, -0.2) is 9.78 Å². The predicted octanol–water partition coefficient (Wildman–Crippen LogP) is 3.91. The number of aromatic carboxylic acids is 1. The van der Waals surface area contributed by atoms with Crippen LogP contribution in [0.4, 0.5) is 0 Å². The smallest absolute Gasteiger partial charge is 0.335 e. The van der Waals surface area contributed by atoms with Crippen LogP contribution in [0.25, 0.3) is 16.7 Å². The van der Waals surface area contributed by atoms with Gasteiger partial charge in [0, 0.05) is 17.8 Å². The maximum absolute atomic E-state index is 10.9. The molecule has 2 aromatic heterocycles. The Bertz CT molecular complexity index is 1080. The molecule has 0 spiro atoms. The molecular weight excluding hydrogens is 342 g/mol. The zero-order valence-corrected chi connectivity index (χ0v) is 14.9. The number of nitrogens with zero attached hydrogens (tertiary/aromatic N) is 3. The maximum Gasteiger partial charge on any atom is 0.335 e. The monoisotopic (exact) mass is 361 g/mol. The van der Waals surface area contributed by atoms with E-state index >= 15 is 0 Å². The number of hydrogen-bond acceptors (Lipinski definition) is 3. The summed E-state index contributed by atoms with van der Waals surface area (Å²) in [4.78, 5) is 15.1. The van der Waals surface area contributed by atoms with Crippen molar-refractivity contribution in [2.24, 2.45) is 0 Å². The standard InChI is InChI=1S/C21H19N3O3/c1-15-18-4-2-3-5-19(18)24(20(15)23-11-10-22-14-23)12-13-27-17-8-6-16(7-9-17)21(25)26/h2-11,14H,12-13H2,1H3,(H,25,26). The van der Waals surface area contributed by atoms with Gasteiger partial charge in [-0.2, -0.15) is 0 Å². The van der Waals surface area contributed by atoms with Gasteiger partial charge < -0.3 is 14.4 Å². The summed E-state index contributed by atoms with van der Waals surface area (Å²) >= 11 is 0. The van der Waals surface area contributed by atoms with Gasteiger partial charge in [0.2, 0.25) is 0 Å². The first kappa shape index (κ1) is 16.9. The third kappa shape index (κ3) is 3.17. The molecule has 0 saturated heterocycles. The Hall–Kier alpha value is -3.54. The number of aromatic nitrogens is 3. The molecule has 0 amide bonds. The number of para-hydroxylation sites is 1. The van der Waals surface area contributed by atoms with Crippen molar-refractivity contribution >= 4 is 16.9 Å². The van der Waals surface area contributed by atoms with Gasteiger partial charge in [0.05, 0.1) is 17.6 Å². The average molecular weight is 361 g/mol. The minimum absolute atomic E-state index is 0.247. The Kier molecular flexibility index (Phi) is 4.38. The van der Waals surface area contributed by atoms with Crippen molar-refractivity contribution in [2.45, 2.75) is 13.5 Å². The number of ether oxygens (including phenoxy) is 1. The van der Waals surface area contributed by atoms with Gasteiger partial charge in [-0.3, -0.25) is 4.57 Å². The lowest BCUT2D eigenvalue weighted by molar-refractivity contribution is 0.0697. The first-order valence-corrected chi connectivity index (χ1v) is 8.67. The summed E-state index contributed by atoms with van der Waals surface area (Å²) in [5, 5.41) is 10.2. The minimum atomic E-state index is -0.944. The van der Waals surface area contributed by atoms with Crippen molar-refractivity contribution in [2.75, 3.05) is 6.61 Å². The second kappa shape index (κ2) is 6.99. The number of carboxylic acid groups (broad SMARTS) is 1. The molecule has 136 valence electrons. The van der Waals surface area contributed by atoms with Crippen LogP contribution in [0.5, 0.6) is 5.75 Å². The first-order valence-electron chi connectivity index (χ1n) is 8.67. The molecule has 0 fully saturated rings. The third-order valence-electron chi connectivity index (χ3n) is 4.62. The Morgan fingerprint density at radius 3 is 2.63 bits per heavy atom. The molecule has 4 rings (SSSR count). The number of carbonyl (C=O) groups is 1. The summed E-state index contributed by atoms with van der Waals surface area (Å²) in [6.07, 6.45) is 5.49. The fourth-order valence-electron chi connectivity index (χ4n) is 3.36. The molecule has 0 aliphatic rings. The molecule has 0 radical (unpaired) electrons. The molecular formula is C21H19N3O3. The van der Waals surface area contributed by atoms with Crippen LogP contribution in [0.15, 0.2) is 67.3 Å². The molecule has 27 heavy (non-hydrogen) atoms. The minimum Gasteiger partial charge on any atom is -0.492 e. The van der Waals surface area contributed by atoms with Crippen LogP contribution in [0.2, 0.25) is 0 Å². The highest BCUT2D eigenvalue weighted by Crippen LogP contribution is 2.28. The van der Waals surface area contributed by atoms with E-state index in [1.807, 2.05) is 22.9 Å². The Morgan fingerprint density at radius 2 is 1.93 bits per heavy atom. The number of hydrogen-bond donors (Lipinski definition) is 1. The Balaban J connectivity index is 1.60. The fourth-order valence-corrected chi connectivity index (χ4v) is 3.36. The van der Waals surface area contributed by atoms with E-state index in [1.54, 1.807) is 36.8 Å². The zero-order chi connectivity index (χ0) is 18.8. The van der Waals surface area contributed by atoms with Crippen LogP contribution >= 0.6 is 0 Å². The number of aryl methyl sites for hydroxylation is 1. The summed E-state index contributed by atoms with van der Waals surface area (Å²) < 4.78 is 10.1. The highest BCUT2D eigenvalue weighted by atomic mass is 16.5. The molecule has 6 heteroatoms. The zero-order valence-electron chi connectivity index (χ0n) is 14.9. The lowest BCUT2D eigenvalue weighted by Gasteiger charge is -2.13. The van der Waals surface area contributed by atoms with E-state index < -0.39 is 5.97 Å². The SMILES string of the molecule is Cc1c(-n2ccnc2)n(CCOc2ccc(C(=O)O)cc2)c2ccccc12. The van der Waals surface area contributed by atoms with E-state index in [2.05, 4.69) is 28.6 Å². The number of carboxylic acids is 1. The fraction of sp³-hybridized carbons (Fsp3) is 0.143. The molecule has 0 saturated carbocycles. The summed E-state index contributed by atoms with van der Waals surface area (Å²) in [7, 11) is 0. The van der Waals surface area contributed by atoms with E-state index in [0.29, 0.717) is 18.9 Å². The third-order valence-corrected chi connectivity index (χ3v) is 4.62. The molecule has 2 aromatic carbocycles. The second-order valence-electron chi connectivity index (χ2n) is 6.27. The van der Waals surface area contributed by atoms with Gasteiger partial charge in [-0.15, -0.1) is 0 Å². The number of rotatable bonds is 6. The Morgan fingerprint density at radius 1 is 1.15 bits per heavy atom. The van der Waals surface area contributed by atoms with E-state index in [9.17, 15) is 4.79 Å². The Labute approximate surface area is 156 Å². The van der Waals surface area contributed by atoms with Crippen LogP contribution in [0, 0.1) is 6.92 Å². The van der Waals surface area contributed by atoms with Crippen LogP contribution in [0.3, 0.4) is 0 Å². The first-order chi connectivity index (χ1) is 13.1. The lowest BCUT2D eigenvalue weighted by Crippen LogP contribution is -2.12. The van der Waals surface area contributed by atoms with Crippen molar-refractivity contribution in [3.8, 4) is 11.6 Å². The van der Waals surface area contributed by atoms with Crippen LogP contribution in [0.1, 0.15) is 15.9 Å². The molecule has 0 atom stereocenters. The van der Waals surface area contributed by atoms with Gasteiger partial charge in [-0.1, -0.05) is 18.2 Å². The lowest BCUT2D eigenvalue weighted by atomic mass is 10.2. The average Bonchev–Trinajstić information content (AvgIpc) is 3.30. The largest absolute Gasteiger partial charge is 0.492 e. The molecule has 0 aliphatic carbocycles. The summed E-state index contributed by atoms with van der Waals surface area (Å²) in [6, 6.07) is 14.7. The number of imidazole rings is 1. The van der Waals surface area contributed by atoms with E-state index in [4.69, 9.17) is 9.84 Å². The van der Waals surface area contributed by atoms with Crippen LogP contribution < -0.4 is 4.74 Å². The van der Waals surface area contributed by atoms with Gasteiger partial charge >= 0.3 is 5.97 Å². The second-order valence-corrected chi connectivity index (χ2v) is 6.27. The molecule has 0 bridgehead atoms. The van der Waals surface area contributed by atoms with E-state index in [1.165, 1.54) is 10.9 Å². The predicted molar refractivity (Wildman–Crippen MR) is 103 cm³/mol. The van der Waals surface area contributed by atoms with Crippen LogP contribution in [-0.4, -0.2) is 31.8 Å². The van der Waals surface area contributed by atoms with Gasteiger partial charge in [0.1, 0.15) is 24.5 Å². The van der Waals surface area contributed by atoms with E-state index in [0.717, 1.165) is 11.3 Å². The van der Waals surface area contributed by atoms with Gasteiger partial charge in [-0.05, 0) is 42.8 Å².